The molecular formula is C20H15ClN2O6. The van der Waals surface area contributed by atoms with Crippen LogP contribution < -0.4 is 9.47 Å². The van der Waals surface area contributed by atoms with Gasteiger partial charge in [-0.1, -0.05) is 23.7 Å². The third-order valence-electron chi connectivity index (χ3n) is 4.44. The lowest BCUT2D eigenvalue weighted by atomic mass is 10.1. The van der Waals surface area contributed by atoms with Gasteiger partial charge in [0.25, 0.3) is 5.69 Å². The number of nitro groups is 1. The van der Waals surface area contributed by atoms with Crippen LogP contribution in [0.5, 0.6) is 11.5 Å². The van der Waals surface area contributed by atoms with E-state index in [-0.39, 0.29) is 42.0 Å². The van der Waals surface area contributed by atoms with Gasteiger partial charge in [0.15, 0.2) is 11.5 Å². The Morgan fingerprint density at radius 2 is 1.93 bits per heavy atom. The summed E-state index contributed by atoms with van der Waals surface area (Å²) in [6, 6.07) is 9.93. The first-order valence-electron chi connectivity index (χ1n) is 8.73. The van der Waals surface area contributed by atoms with Crippen molar-refractivity contribution in [2.75, 3.05) is 13.2 Å². The standard InChI is InChI=1S/C20H15ClN2O6/c1-11-2-3-12-7-13(19(21)22-15(12)6-11)10-29-20(24)14-8-17-18(28-5-4-27-17)9-16(14)23(25)26/h2-3,6-9H,4-5,10H2,1H3. The molecule has 9 heteroatoms. The molecule has 4 rings (SSSR count). The minimum atomic E-state index is -0.867. The molecule has 148 valence electrons. The SMILES string of the molecule is Cc1ccc2cc(COC(=O)c3cc4c(cc3[N+](=O)[O-])OCCO4)c(Cl)nc2c1. The monoisotopic (exact) mass is 414 g/mol. The van der Waals surface area contributed by atoms with Crippen LogP contribution in [0.15, 0.2) is 36.4 Å². The van der Waals surface area contributed by atoms with E-state index >= 15 is 0 Å². The summed E-state index contributed by atoms with van der Waals surface area (Å²) in [5, 5.41) is 12.4. The van der Waals surface area contributed by atoms with Gasteiger partial charge >= 0.3 is 5.97 Å². The Bertz CT molecular complexity index is 1150. The molecular weight excluding hydrogens is 400 g/mol. The van der Waals surface area contributed by atoms with E-state index in [0.29, 0.717) is 5.56 Å². The van der Waals surface area contributed by atoms with Gasteiger partial charge in [0, 0.05) is 17.0 Å². The summed E-state index contributed by atoms with van der Waals surface area (Å²) in [4.78, 5) is 27.6. The maximum Gasteiger partial charge on any atom is 0.345 e. The number of hydrogen-bond acceptors (Lipinski definition) is 7. The quantitative estimate of drug-likeness (QED) is 0.272. The van der Waals surface area contributed by atoms with Crippen LogP contribution in [-0.2, 0) is 11.3 Å². The van der Waals surface area contributed by atoms with Crippen molar-refractivity contribution < 1.29 is 23.9 Å². The average Bonchev–Trinajstić information content (AvgIpc) is 2.71. The summed E-state index contributed by atoms with van der Waals surface area (Å²) in [5.74, 6) is -0.389. The zero-order chi connectivity index (χ0) is 20.5. The molecule has 0 N–H and O–H groups in total. The highest BCUT2D eigenvalue weighted by molar-refractivity contribution is 6.30. The van der Waals surface area contributed by atoms with Gasteiger partial charge in [0.1, 0.15) is 30.5 Å². The second-order valence-electron chi connectivity index (χ2n) is 6.48. The number of nitro benzene ring substituents is 1. The lowest BCUT2D eigenvalue weighted by molar-refractivity contribution is -0.385. The number of nitrogens with zero attached hydrogens (tertiary/aromatic N) is 2. The molecule has 0 saturated heterocycles. The zero-order valence-corrected chi connectivity index (χ0v) is 16.1. The first kappa shape index (κ1) is 18.9. The molecule has 0 radical (unpaired) electrons. The smallest absolute Gasteiger partial charge is 0.345 e. The van der Waals surface area contributed by atoms with Gasteiger partial charge in [-0.05, 0) is 24.6 Å². The zero-order valence-electron chi connectivity index (χ0n) is 15.3. The Morgan fingerprint density at radius 3 is 2.66 bits per heavy atom. The fourth-order valence-electron chi connectivity index (χ4n) is 3.01. The fourth-order valence-corrected chi connectivity index (χ4v) is 3.21. The number of hydrogen-bond donors (Lipinski definition) is 0. The predicted octanol–water partition coefficient (Wildman–Crippen LogP) is 4.23. The van der Waals surface area contributed by atoms with Crippen LogP contribution in [0.3, 0.4) is 0 Å². The number of esters is 1. The highest BCUT2D eigenvalue weighted by atomic mass is 35.5. The number of ether oxygens (including phenoxy) is 3. The van der Waals surface area contributed by atoms with Gasteiger partial charge in [-0.15, -0.1) is 0 Å². The fraction of sp³-hybridized carbons (Fsp3) is 0.200. The van der Waals surface area contributed by atoms with Crippen LogP contribution in [-0.4, -0.2) is 29.1 Å². The van der Waals surface area contributed by atoms with E-state index in [2.05, 4.69) is 4.98 Å². The normalized spacial score (nSPS) is 12.6. The first-order chi connectivity index (χ1) is 13.9. The Balaban J connectivity index is 1.60. The highest BCUT2D eigenvalue weighted by Crippen LogP contribution is 2.37. The lowest BCUT2D eigenvalue weighted by Gasteiger charge is -2.18. The number of carbonyl (C=O) groups is 1. The Labute approximate surface area is 170 Å². The number of carbonyl (C=O) groups excluding carboxylic acids is 1. The minimum Gasteiger partial charge on any atom is -0.486 e. The summed E-state index contributed by atoms with van der Waals surface area (Å²) >= 11 is 6.21. The maximum absolute atomic E-state index is 12.6. The third-order valence-corrected chi connectivity index (χ3v) is 4.76. The maximum atomic E-state index is 12.6. The van der Waals surface area contributed by atoms with Crippen molar-refractivity contribution >= 4 is 34.2 Å². The third kappa shape index (κ3) is 3.79. The molecule has 0 spiro atoms. The molecule has 0 fully saturated rings. The number of benzene rings is 2. The molecule has 1 aliphatic heterocycles. The summed E-state index contributed by atoms with van der Waals surface area (Å²) in [6.07, 6.45) is 0. The number of aromatic nitrogens is 1. The van der Waals surface area contributed by atoms with Crippen molar-refractivity contribution in [2.24, 2.45) is 0 Å². The van der Waals surface area contributed by atoms with Crippen LogP contribution >= 0.6 is 11.6 Å². The molecule has 2 aromatic carbocycles. The number of halogens is 1. The van der Waals surface area contributed by atoms with Gasteiger partial charge in [-0.25, -0.2) is 9.78 Å². The van der Waals surface area contributed by atoms with Crippen molar-refractivity contribution in [2.45, 2.75) is 13.5 Å². The van der Waals surface area contributed by atoms with Crippen molar-refractivity contribution in [1.29, 1.82) is 0 Å². The van der Waals surface area contributed by atoms with Crippen LogP contribution in [0.25, 0.3) is 10.9 Å². The highest BCUT2D eigenvalue weighted by Gasteiger charge is 2.27. The molecule has 8 nitrogen and oxygen atoms in total. The minimum absolute atomic E-state index is 0.180. The predicted molar refractivity (Wildman–Crippen MR) is 105 cm³/mol. The summed E-state index contributed by atoms with van der Waals surface area (Å²) in [7, 11) is 0. The van der Waals surface area contributed by atoms with E-state index in [1.165, 1.54) is 6.07 Å². The molecule has 1 aliphatic rings. The topological polar surface area (TPSA) is 101 Å². The molecule has 0 amide bonds. The van der Waals surface area contributed by atoms with E-state index in [0.717, 1.165) is 22.5 Å². The molecule has 0 bridgehead atoms. The second kappa shape index (κ2) is 7.56. The van der Waals surface area contributed by atoms with Crippen molar-refractivity contribution in [3.8, 4) is 11.5 Å². The van der Waals surface area contributed by atoms with Gasteiger partial charge < -0.3 is 14.2 Å². The Hall–Kier alpha value is -3.39. The Kier molecular flexibility index (Phi) is 4.94. The molecule has 1 aromatic heterocycles. The second-order valence-corrected chi connectivity index (χ2v) is 6.84. The molecule has 0 atom stereocenters. The van der Waals surface area contributed by atoms with Crippen molar-refractivity contribution in [3.05, 3.63) is 68.4 Å². The van der Waals surface area contributed by atoms with Gasteiger partial charge in [-0.2, -0.15) is 0 Å². The van der Waals surface area contributed by atoms with Crippen LogP contribution in [0.2, 0.25) is 5.15 Å². The van der Waals surface area contributed by atoms with Crippen LogP contribution in [0, 0.1) is 17.0 Å². The molecule has 3 aromatic rings. The number of aryl methyl sites for hydroxylation is 1. The average molecular weight is 415 g/mol. The first-order valence-corrected chi connectivity index (χ1v) is 9.11. The molecule has 0 unspecified atom stereocenters. The van der Waals surface area contributed by atoms with Gasteiger partial charge in [0.05, 0.1) is 16.5 Å². The summed E-state index contributed by atoms with van der Waals surface area (Å²) in [6.45, 7) is 2.34. The largest absolute Gasteiger partial charge is 0.486 e. The van der Waals surface area contributed by atoms with Crippen LogP contribution in [0.1, 0.15) is 21.5 Å². The van der Waals surface area contributed by atoms with Crippen molar-refractivity contribution in [1.82, 2.24) is 4.98 Å². The number of rotatable bonds is 4. The van der Waals surface area contributed by atoms with E-state index in [1.54, 1.807) is 6.07 Å². The molecule has 0 saturated carbocycles. The number of pyridine rings is 1. The van der Waals surface area contributed by atoms with E-state index in [9.17, 15) is 14.9 Å². The Morgan fingerprint density at radius 1 is 1.21 bits per heavy atom. The molecule has 0 aliphatic carbocycles. The van der Waals surface area contributed by atoms with Crippen LogP contribution in [0.4, 0.5) is 5.69 Å². The number of fused-ring (bicyclic) bond motifs is 2. The molecule has 29 heavy (non-hydrogen) atoms. The van der Waals surface area contributed by atoms with Gasteiger partial charge in [0.2, 0.25) is 0 Å². The van der Waals surface area contributed by atoms with E-state index < -0.39 is 16.6 Å². The van der Waals surface area contributed by atoms with E-state index in [4.69, 9.17) is 25.8 Å². The van der Waals surface area contributed by atoms with E-state index in [1.807, 2.05) is 25.1 Å². The summed E-state index contributed by atoms with van der Waals surface area (Å²) < 4.78 is 16.0. The van der Waals surface area contributed by atoms with Gasteiger partial charge in [-0.3, -0.25) is 10.1 Å². The molecule has 2 heterocycles. The summed E-state index contributed by atoms with van der Waals surface area (Å²) in [5.41, 5.74) is 1.63. The lowest BCUT2D eigenvalue weighted by Crippen LogP contribution is -2.17. The van der Waals surface area contributed by atoms with Crippen molar-refractivity contribution in [3.63, 3.8) is 0 Å².